The van der Waals surface area contributed by atoms with Gasteiger partial charge in [-0.15, -0.1) is 0 Å². The number of carbonyl (C=O) groups excluding carboxylic acids is 1. The molecule has 1 aromatic rings. The van der Waals surface area contributed by atoms with Crippen LogP contribution in [0.1, 0.15) is 19.4 Å². The fourth-order valence-electron chi connectivity index (χ4n) is 1.95. The van der Waals surface area contributed by atoms with Crippen LogP contribution >= 0.6 is 11.6 Å². The molecule has 1 aliphatic rings. The number of aromatic nitrogens is 2. The average molecular weight is 257 g/mol. The zero-order chi connectivity index (χ0) is 12.3. The molecule has 6 heteroatoms. The third-order valence-electron chi connectivity index (χ3n) is 2.96. The molecule has 1 saturated heterocycles. The molecule has 17 heavy (non-hydrogen) atoms. The SMILES string of the molecule is CC(CC(=O)N1CCNCC1)n1cc(Cl)cn1. The summed E-state index contributed by atoms with van der Waals surface area (Å²) in [5.41, 5.74) is 0. The summed E-state index contributed by atoms with van der Waals surface area (Å²) in [5.74, 6) is 0.186. The van der Waals surface area contributed by atoms with Crippen molar-refractivity contribution in [3.8, 4) is 0 Å². The highest BCUT2D eigenvalue weighted by molar-refractivity contribution is 6.30. The zero-order valence-electron chi connectivity index (χ0n) is 9.90. The standard InChI is InChI=1S/C11H17ClN4O/c1-9(16-8-10(12)7-14-16)6-11(17)15-4-2-13-3-5-15/h7-9,13H,2-6H2,1H3. The molecule has 1 unspecified atom stereocenters. The molecule has 1 atom stereocenters. The van der Waals surface area contributed by atoms with Crippen LogP contribution in [0.2, 0.25) is 5.02 Å². The normalized spacial score (nSPS) is 18.1. The first-order valence-electron chi connectivity index (χ1n) is 5.85. The van der Waals surface area contributed by atoms with Crippen LogP contribution in [0, 0.1) is 0 Å². The van der Waals surface area contributed by atoms with E-state index in [9.17, 15) is 4.79 Å². The molecule has 0 aromatic carbocycles. The van der Waals surface area contributed by atoms with E-state index in [1.54, 1.807) is 17.1 Å². The number of amides is 1. The van der Waals surface area contributed by atoms with Crippen molar-refractivity contribution < 1.29 is 4.79 Å². The monoisotopic (exact) mass is 256 g/mol. The Morgan fingerprint density at radius 2 is 2.29 bits per heavy atom. The lowest BCUT2D eigenvalue weighted by atomic mass is 10.2. The molecule has 1 fully saturated rings. The molecular formula is C11H17ClN4O. The molecule has 1 aliphatic heterocycles. The summed E-state index contributed by atoms with van der Waals surface area (Å²) < 4.78 is 1.74. The highest BCUT2D eigenvalue weighted by Crippen LogP contribution is 2.15. The number of hydrogen-bond donors (Lipinski definition) is 1. The second-order valence-electron chi connectivity index (χ2n) is 4.32. The maximum atomic E-state index is 12.0. The van der Waals surface area contributed by atoms with Gasteiger partial charge in [-0.1, -0.05) is 11.6 Å². The second-order valence-corrected chi connectivity index (χ2v) is 4.76. The third kappa shape index (κ3) is 3.20. The highest BCUT2D eigenvalue weighted by Gasteiger charge is 2.19. The molecule has 2 rings (SSSR count). The molecule has 1 N–H and O–H groups in total. The molecule has 0 spiro atoms. The first-order chi connectivity index (χ1) is 8.16. The second kappa shape index (κ2) is 5.51. The Labute approximate surface area is 106 Å². The molecule has 0 saturated carbocycles. The van der Waals surface area contributed by atoms with Gasteiger partial charge in [0.15, 0.2) is 0 Å². The molecule has 5 nitrogen and oxygen atoms in total. The molecule has 1 amide bonds. The van der Waals surface area contributed by atoms with Gasteiger partial charge in [0.25, 0.3) is 0 Å². The lowest BCUT2D eigenvalue weighted by molar-refractivity contribution is -0.132. The summed E-state index contributed by atoms with van der Waals surface area (Å²) in [5, 5.41) is 7.95. The number of halogens is 1. The van der Waals surface area contributed by atoms with Crippen LogP contribution in [0.5, 0.6) is 0 Å². The average Bonchev–Trinajstić information content (AvgIpc) is 2.77. The van der Waals surface area contributed by atoms with Crippen molar-refractivity contribution >= 4 is 17.5 Å². The number of piperazine rings is 1. The predicted molar refractivity (Wildman–Crippen MR) is 66.0 cm³/mol. The van der Waals surface area contributed by atoms with Crippen LogP contribution in [-0.2, 0) is 4.79 Å². The van der Waals surface area contributed by atoms with Crippen molar-refractivity contribution in [1.82, 2.24) is 20.0 Å². The Bertz CT molecular complexity index is 387. The molecule has 0 aliphatic carbocycles. The largest absolute Gasteiger partial charge is 0.340 e. The van der Waals surface area contributed by atoms with Crippen LogP contribution in [0.4, 0.5) is 0 Å². The Morgan fingerprint density at radius 3 is 2.88 bits per heavy atom. The van der Waals surface area contributed by atoms with Crippen molar-refractivity contribution in [2.24, 2.45) is 0 Å². The van der Waals surface area contributed by atoms with Gasteiger partial charge in [-0.3, -0.25) is 9.48 Å². The number of rotatable bonds is 3. The molecular weight excluding hydrogens is 240 g/mol. The van der Waals surface area contributed by atoms with Gasteiger partial charge in [-0.05, 0) is 6.92 Å². The molecule has 1 aromatic heterocycles. The lowest BCUT2D eigenvalue weighted by Gasteiger charge is -2.28. The van der Waals surface area contributed by atoms with E-state index in [-0.39, 0.29) is 11.9 Å². The van der Waals surface area contributed by atoms with Crippen LogP contribution < -0.4 is 5.32 Å². The Kier molecular flexibility index (Phi) is 4.02. The van der Waals surface area contributed by atoms with Crippen molar-refractivity contribution in [2.75, 3.05) is 26.2 Å². The Morgan fingerprint density at radius 1 is 1.59 bits per heavy atom. The predicted octanol–water partition coefficient (Wildman–Crippen LogP) is 0.919. The fourth-order valence-corrected chi connectivity index (χ4v) is 2.09. The smallest absolute Gasteiger partial charge is 0.224 e. The molecule has 94 valence electrons. The van der Waals surface area contributed by atoms with Gasteiger partial charge in [0.2, 0.25) is 5.91 Å². The topological polar surface area (TPSA) is 50.2 Å². The minimum absolute atomic E-state index is 0.0462. The Balaban J connectivity index is 1.89. The zero-order valence-corrected chi connectivity index (χ0v) is 10.7. The van der Waals surface area contributed by atoms with Crippen LogP contribution in [-0.4, -0.2) is 46.8 Å². The summed E-state index contributed by atoms with van der Waals surface area (Å²) in [6.07, 6.45) is 3.81. The minimum atomic E-state index is 0.0462. The van der Waals surface area contributed by atoms with Crippen LogP contribution in [0.15, 0.2) is 12.4 Å². The maximum Gasteiger partial charge on any atom is 0.224 e. The van der Waals surface area contributed by atoms with Crippen molar-refractivity contribution in [2.45, 2.75) is 19.4 Å². The van der Waals surface area contributed by atoms with Gasteiger partial charge >= 0.3 is 0 Å². The summed E-state index contributed by atoms with van der Waals surface area (Å²) in [4.78, 5) is 13.9. The van der Waals surface area contributed by atoms with E-state index in [0.717, 1.165) is 26.2 Å². The summed E-state index contributed by atoms with van der Waals surface area (Å²) in [6.45, 7) is 5.34. The quantitative estimate of drug-likeness (QED) is 0.875. The van der Waals surface area contributed by atoms with E-state index in [1.807, 2.05) is 11.8 Å². The van der Waals surface area contributed by atoms with E-state index in [1.165, 1.54) is 0 Å². The fraction of sp³-hybridized carbons (Fsp3) is 0.636. The maximum absolute atomic E-state index is 12.0. The first kappa shape index (κ1) is 12.4. The Hall–Kier alpha value is -1.07. The van der Waals surface area contributed by atoms with Crippen LogP contribution in [0.25, 0.3) is 0 Å². The van der Waals surface area contributed by atoms with Gasteiger partial charge in [0.05, 0.1) is 17.3 Å². The lowest BCUT2D eigenvalue weighted by Crippen LogP contribution is -2.46. The summed E-state index contributed by atoms with van der Waals surface area (Å²) in [6, 6.07) is 0.0462. The van der Waals surface area contributed by atoms with Gasteiger partial charge in [-0.2, -0.15) is 5.10 Å². The number of nitrogens with zero attached hydrogens (tertiary/aromatic N) is 3. The minimum Gasteiger partial charge on any atom is -0.340 e. The van der Waals surface area contributed by atoms with E-state index in [2.05, 4.69) is 10.4 Å². The van der Waals surface area contributed by atoms with Gasteiger partial charge in [0, 0.05) is 38.8 Å². The number of hydrogen-bond acceptors (Lipinski definition) is 3. The van der Waals surface area contributed by atoms with Crippen molar-refractivity contribution in [3.05, 3.63) is 17.4 Å². The van der Waals surface area contributed by atoms with Crippen LogP contribution in [0.3, 0.4) is 0 Å². The number of nitrogens with one attached hydrogen (secondary N) is 1. The first-order valence-corrected chi connectivity index (χ1v) is 6.23. The van der Waals surface area contributed by atoms with Gasteiger partial charge < -0.3 is 10.2 Å². The van der Waals surface area contributed by atoms with E-state index in [0.29, 0.717) is 11.4 Å². The van der Waals surface area contributed by atoms with Crippen molar-refractivity contribution in [3.63, 3.8) is 0 Å². The summed E-state index contributed by atoms with van der Waals surface area (Å²) in [7, 11) is 0. The van der Waals surface area contributed by atoms with E-state index >= 15 is 0 Å². The van der Waals surface area contributed by atoms with Crippen molar-refractivity contribution in [1.29, 1.82) is 0 Å². The summed E-state index contributed by atoms with van der Waals surface area (Å²) >= 11 is 5.80. The molecule has 0 radical (unpaired) electrons. The number of carbonyl (C=O) groups is 1. The van der Waals surface area contributed by atoms with E-state index < -0.39 is 0 Å². The third-order valence-corrected chi connectivity index (χ3v) is 3.16. The van der Waals surface area contributed by atoms with Gasteiger partial charge in [-0.25, -0.2) is 0 Å². The molecule has 2 heterocycles. The van der Waals surface area contributed by atoms with E-state index in [4.69, 9.17) is 11.6 Å². The molecule has 0 bridgehead atoms. The van der Waals surface area contributed by atoms with Gasteiger partial charge in [0.1, 0.15) is 0 Å². The highest BCUT2D eigenvalue weighted by atomic mass is 35.5.